The molecule has 0 radical (unpaired) electrons. The van der Waals surface area contributed by atoms with Gasteiger partial charge in [-0.2, -0.15) is 0 Å². The van der Waals surface area contributed by atoms with E-state index in [1.165, 1.54) is 10.6 Å². The first kappa shape index (κ1) is 19.4. The van der Waals surface area contributed by atoms with Crippen LogP contribution in [0.4, 0.5) is 13.2 Å². The average Bonchev–Trinajstić information content (AvgIpc) is 2.61. The molecule has 0 saturated heterocycles. The van der Waals surface area contributed by atoms with Crippen LogP contribution in [-0.2, 0) is 4.74 Å². The fraction of sp³-hybridized carbons (Fsp3) is 0.111. The van der Waals surface area contributed by atoms with Gasteiger partial charge >= 0.3 is 5.97 Å². The molecular weight excluding hydrogens is 451 g/mol. The summed E-state index contributed by atoms with van der Waals surface area (Å²) in [5.41, 5.74) is -1.18. The third kappa shape index (κ3) is 3.35. The molecule has 27 heavy (non-hydrogen) atoms. The first-order chi connectivity index (χ1) is 12.8. The molecule has 0 unspecified atom stereocenters. The van der Waals surface area contributed by atoms with Gasteiger partial charge in [0, 0.05) is 10.7 Å². The van der Waals surface area contributed by atoms with Crippen molar-refractivity contribution >= 4 is 44.4 Å². The Balaban J connectivity index is 2.50. The van der Waals surface area contributed by atoms with Crippen molar-refractivity contribution in [2.24, 2.45) is 0 Å². The summed E-state index contributed by atoms with van der Waals surface area (Å²) in [6.45, 7) is 1.56. The highest BCUT2D eigenvalue weighted by atomic mass is 79.9. The van der Waals surface area contributed by atoms with Gasteiger partial charge in [-0.3, -0.25) is 4.79 Å². The topological polar surface area (TPSA) is 48.3 Å². The van der Waals surface area contributed by atoms with Crippen molar-refractivity contribution in [3.63, 3.8) is 0 Å². The number of halogens is 5. The fourth-order valence-electron chi connectivity index (χ4n) is 2.61. The predicted octanol–water partition coefficient (Wildman–Crippen LogP) is 5.00. The summed E-state index contributed by atoms with van der Waals surface area (Å²) in [7, 11) is 0. The molecule has 4 nitrogen and oxygen atoms in total. The highest BCUT2D eigenvalue weighted by Crippen LogP contribution is 2.32. The minimum absolute atomic E-state index is 0.00902. The largest absolute Gasteiger partial charge is 0.462 e. The van der Waals surface area contributed by atoms with Crippen molar-refractivity contribution in [2.75, 3.05) is 6.61 Å². The number of benzene rings is 2. The quantitative estimate of drug-likeness (QED) is 0.408. The lowest BCUT2D eigenvalue weighted by Crippen LogP contribution is -2.21. The zero-order chi connectivity index (χ0) is 19.9. The van der Waals surface area contributed by atoms with Gasteiger partial charge in [0.1, 0.15) is 16.4 Å². The van der Waals surface area contributed by atoms with Gasteiger partial charge in [-0.25, -0.2) is 18.0 Å². The maximum absolute atomic E-state index is 14.0. The van der Waals surface area contributed by atoms with Gasteiger partial charge in [0.15, 0.2) is 11.6 Å². The number of hydrogen-bond acceptors (Lipinski definition) is 3. The lowest BCUT2D eigenvalue weighted by atomic mass is 10.1. The zero-order valence-electron chi connectivity index (χ0n) is 13.7. The summed E-state index contributed by atoms with van der Waals surface area (Å²) in [6, 6.07) is 4.25. The minimum atomic E-state index is -1.35. The molecule has 0 spiro atoms. The van der Waals surface area contributed by atoms with Gasteiger partial charge in [0.05, 0.1) is 23.2 Å². The van der Waals surface area contributed by atoms with E-state index in [-0.39, 0.29) is 27.7 Å². The molecule has 0 atom stereocenters. The normalized spacial score (nSPS) is 11.0. The first-order valence-electron chi connectivity index (χ1n) is 7.61. The molecule has 0 aliphatic rings. The van der Waals surface area contributed by atoms with Gasteiger partial charge in [-0.05, 0) is 47.1 Å². The van der Waals surface area contributed by atoms with E-state index in [2.05, 4.69) is 15.9 Å². The minimum Gasteiger partial charge on any atom is -0.462 e. The first-order valence-corrected chi connectivity index (χ1v) is 8.78. The van der Waals surface area contributed by atoms with Crippen LogP contribution in [0.3, 0.4) is 0 Å². The molecule has 3 rings (SSSR count). The lowest BCUT2D eigenvalue weighted by molar-refractivity contribution is 0.0524. The lowest BCUT2D eigenvalue weighted by Gasteiger charge is -2.16. The standard InChI is InChI=1S/C18H10BrClF3NO3/c1-2-27-18(26)10-7-24(13-4-3-8(21)5-11(13)19)16-9(17(10)25)6-12(22)15(23)14(16)20/h3-7H,2H2,1H3. The van der Waals surface area contributed by atoms with Crippen molar-refractivity contribution in [1.29, 1.82) is 0 Å². The number of fused-ring (bicyclic) bond motifs is 1. The van der Waals surface area contributed by atoms with Crippen molar-refractivity contribution in [2.45, 2.75) is 6.92 Å². The molecule has 0 aliphatic heterocycles. The van der Waals surface area contributed by atoms with Crippen molar-refractivity contribution in [3.05, 3.63) is 73.2 Å². The molecule has 0 saturated carbocycles. The number of carbonyl (C=O) groups excluding carboxylic acids is 1. The maximum Gasteiger partial charge on any atom is 0.343 e. The summed E-state index contributed by atoms with van der Waals surface area (Å²) >= 11 is 9.13. The van der Waals surface area contributed by atoms with E-state index < -0.39 is 39.4 Å². The van der Waals surface area contributed by atoms with Crippen LogP contribution in [0, 0.1) is 17.5 Å². The van der Waals surface area contributed by atoms with Crippen molar-refractivity contribution in [3.8, 4) is 5.69 Å². The molecule has 0 amide bonds. The SMILES string of the molecule is CCOC(=O)c1cn(-c2ccc(F)cc2Br)c2c(Cl)c(F)c(F)cc2c1=O. The number of rotatable bonds is 3. The van der Waals surface area contributed by atoms with E-state index in [9.17, 15) is 22.8 Å². The Labute approximate surface area is 164 Å². The van der Waals surface area contributed by atoms with E-state index in [1.54, 1.807) is 6.92 Å². The van der Waals surface area contributed by atoms with Gasteiger partial charge < -0.3 is 9.30 Å². The summed E-state index contributed by atoms with van der Waals surface area (Å²) in [6.07, 6.45) is 1.10. The maximum atomic E-state index is 14.0. The molecule has 2 aromatic carbocycles. The highest BCUT2D eigenvalue weighted by Gasteiger charge is 2.23. The Kier molecular flexibility index (Phi) is 5.30. The molecule has 0 bridgehead atoms. The number of esters is 1. The van der Waals surface area contributed by atoms with Crippen LogP contribution in [0.15, 0.2) is 39.7 Å². The second-order valence-electron chi connectivity index (χ2n) is 5.44. The van der Waals surface area contributed by atoms with Crippen LogP contribution in [0.5, 0.6) is 0 Å². The number of aromatic nitrogens is 1. The van der Waals surface area contributed by atoms with Crippen LogP contribution in [0.25, 0.3) is 16.6 Å². The molecule has 140 valence electrons. The molecule has 0 N–H and O–H groups in total. The molecule has 0 fully saturated rings. The smallest absolute Gasteiger partial charge is 0.343 e. The zero-order valence-corrected chi connectivity index (χ0v) is 16.0. The van der Waals surface area contributed by atoms with E-state index in [1.807, 2.05) is 0 Å². The Morgan fingerprint density at radius 3 is 2.59 bits per heavy atom. The molecule has 9 heteroatoms. The number of ether oxygens (including phenoxy) is 1. The summed E-state index contributed by atoms with van der Waals surface area (Å²) in [5.74, 6) is -4.17. The van der Waals surface area contributed by atoms with Crippen molar-refractivity contribution in [1.82, 2.24) is 4.57 Å². The van der Waals surface area contributed by atoms with Gasteiger partial charge in [0.2, 0.25) is 5.43 Å². The Hall–Kier alpha value is -2.32. The van der Waals surface area contributed by atoms with Gasteiger partial charge in [-0.15, -0.1) is 0 Å². The fourth-order valence-corrected chi connectivity index (χ4v) is 3.44. The number of pyridine rings is 1. The second-order valence-corrected chi connectivity index (χ2v) is 6.67. The van der Waals surface area contributed by atoms with E-state index >= 15 is 0 Å². The molecule has 0 aliphatic carbocycles. The van der Waals surface area contributed by atoms with Crippen LogP contribution >= 0.6 is 27.5 Å². The Morgan fingerprint density at radius 1 is 1.26 bits per heavy atom. The van der Waals surface area contributed by atoms with Crippen LogP contribution in [-0.4, -0.2) is 17.1 Å². The monoisotopic (exact) mass is 459 g/mol. The second kappa shape index (κ2) is 7.36. The molecule has 3 aromatic rings. The molecular formula is C18H10BrClF3NO3. The summed E-state index contributed by atoms with van der Waals surface area (Å²) in [5, 5.41) is -0.964. The molecule has 1 heterocycles. The third-order valence-electron chi connectivity index (χ3n) is 3.79. The average molecular weight is 461 g/mol. The number of hydrogen-bond donors (Lipinski definition) is 0. The van der Waals surface area contributed by atoms with E-state index in [0.717, 1.165) is 18.3 Å². The van der Waals surface area contributed by atoms with E-state index in [0.29, 0.717) is 6.07 Å². The Morgan fingerprint density at radius 2 is 1.96 bits per heavy atom. The van der Waals surface area contributed by atoms with Gasteiger partial charge in [0.25, 0.3) is 0 Å². The van der Waals surface area contributed by atoms with Gasteiger partial charge in [-0.1, -0.05) is 11.6 Å². The van der Waals surface area contributed by atoms with E-state index in [4.69, 9.17) is 16.3 Å². The molecule has 1 aromatic heterocycles. The number of nitrogens with zero attached hydrogens (tertiary/aromatic N) is 1. The highest BCUT2D eigenvalue weighted by molar-refractivity contribution is 9.10. The summed E-state index contributed by atoms with van der Waals surface area (Å²) in [4.78, 5) is 24.8. The predicted molar refractivity (Wildman–Crippen MR) is 98.1 cm³/mol. The van der Waals surface area contributed by atoms with Crippen LogP contribution in [0.1, 0.15) is 17.3 Å². The number of carbonyl (C=O) groups is 1. The Bertz CT molecular complexity index is 1150. The summed E-state index contributed by atoms with van der Waals surface area (Å²) < 4.78 is 47.6. The third-order valence-corrected chi connectivity index (χ3v) is 4.77. The van der Waals surface area contributed by atoms with Crippen LogP contribution < -0.4 is 5.43 Å². The van der Waals surface area contributed by atoms with Crippen molar-refractivity contribution < 1.29 is 22.7 Å². The van der Waals surface area contributed by atoms with Crippen LogP contribution in [0.2, 0.25) is 5.02 Å².